The van der Waals surface area contributed by atoms with Crippen molar-refractivity contribution in [1.82, 2.24) is 0 Å². The molecule has 3 nitrogen and oxygen atoms in total. The number of halogens is 5. The molecule has 0 unspecified atom stereocenters. The molecule has 0 amide bonds. The van der Waals surface area contributed by atoms with Gasteiger partial charge in [0.2, 0.25) is 0 Å². The van der Waals surface area contributed by atoms with Gasteiger partial charge in [-0.05, 0) is 35.0 Å². The molecule has 0 atom stereocenters. The van der Waals surface area contributed by atoms with Gasteiger partial charge in [0.1, 0.15) is 6.54 Å². The Bertz CT molecular complexity index is 490. The van der Waals surface area contributed by atoms with Gasteiger partial charge in [-0.25, -0.2) is 9.18 Å². The number of anilines is 1. The van der Waals surface area contributed by atoms with Crippen molar-refractivity contribution in [1.29, 1.82) is 0 Å². The predicted octanol–water partition coefficient (Wildman–Crippen LogP) is 3.68. The molecule has 106 valence electrons. The molecule has 0 aliphatic rings. The van der Waals surface area contributed by atoms with E-state index in [4.69, 9.17) is 5.11 Å². The first kappa shape index (κ1) is 15.7. The lowest BCUT2D eigenvalue weighted by molar-refractivity contribution is -0.119. The molecule has 1 rings (SSSR count). The molecule has 0 bridgehead atoms. The number of hydrogen-bond donors (Lipinski definition) is 1. The summed E-state index contributed by atoms with van der Waals surface area (Å²) in [5.74, 6) is -2.39. The fraction of sp³-hybridized carbons (Fsp3) is 0.364. The number of alkyl halides is 3. The molecule has 0 fully saturated rings. The number of carboxylic acid groups (broad SMARTS) is 1. The topological polar surface area (TPSA) is 40.5 Å². The lowest BCUT2D eigenvalue weighted by atomic mass is 10.2. The van der Waals surface area contributed by atoms with Crippen LogP contribution in [0, 0.1) is 5.82 Å². The SMILES string of the molecule is CCN(CC(F)(F)F)c1ccc(C(=O)O)c(Br)c1F. The molecular formula is C11H10BrF4NO2. The lowest BCUT2D eigenvalue weighted by Gasteiger charge is -2.25. The number of benzene rings is 1. The van der Waals surface area contributed by atoms with Crippen LogP contribution in [0.2, 0.25) is 0 Å². The van der Waals surface area contributed by atoms with E-state index in [1.165, 1.54) is 6.92 Å². The van der Waals surface area contributed by atoms with E-state index in [9.17, 15) is 22.4 Å². The molecule has 0 saturated heterocycles. The van der Waals surface area contributed by atoms with Gasteiger partial charge < -0.3 is 10.0 Å². The van der Waals surface area contributed by atoms with Crippen molar-refractivity contribution in [3.63, 3.8) is 0 Å². The zero-order valence-corrected chi connectivity index (χ0v) is 11.3. The van der Waals surface area contributed by atoms with Crippen LogP contribution in [-0.4, -0.2) is 30.3 Å². The van der Waals surface area contributed by atoms with Crippen molar-refractivity contribution < 1.29 is 27.5 Å². The highest BCUT2D eigenvalue weighted by Crippen LogP contribution is 2.31. The Kier molecular flexibility index (Phi) is 4.78. The number of aromatic carboxylic acids is 1. The Morgan fingerprint density at radius 1 is 1.42 bits per heavy atom. The van der Waals surface area contributed by atoms with Crippen LogP contribution in [0.15, 0.2) is 16.6 Å². The van der Waals surface area contributed by atoms with Crippen LogP contribution in [0.25, 0.3) is 0 Å². The van der Waals surface area contributed by atoms with Gasteiger partial charge in [0.05, 0.1) is 15.7 Å². The highest BCUT2D eigenvalue weighted by Gasteiger charge is 2.32. The fourth-order valence-corrected chi connectivity index (χ4v) is 2.04. The van der Waals surface area contributed by atoms with Crippen molar-refractivity contribution in [2.75, 3.05) is 18.0 Å². The first-order chi connectivity index (χ1) is 8.67. The number of nitrogens with zero attached hydrogens (tertiary/aromatic N) is 1. The van der Waals surface area contributed by atoms with Gasteiger partial charge in [-0.3, -0.25) is 0 Å². The molecule has 0 spiro atoms. The number of hydrogen-bond acceptors (Lipinski definition) is 2. The molecule has 0 aliphatic heterocycles. The average molecular weight is 344 g/mol. The van der Waals surface area contributed by atoms with Gasteiger partial charge in [0.15, 0.2) is 5.82 Å². The second-order valence-electron chi connectivity index (χ2n) is 3.69. The number of carbonyl (C=O) groups is 1. The van der Waals surface area contributed by atoms with Gasteiger partial charge in [-0.2, -0.15) is 13.2 Å². The maximum atomic E-state index is 13.9. The minimum absolute atomic E-state index is 0.0602. The van der Waals surface area contributed by atoms with Crippen LogP contribution >= 0.6 is 15.9 Å². The summed E-state index contributed by atoms with van der Waals surface area (Å²) in [5, 5.41) is 8.77. The predicted molar refractivity (Wildman–Crippen MR) is 65.0 cm³/mol. The van der Waals surface area contributed by atoms with Gasteiger partial charge >= 0.3 is 12.1 Å². The first-order valence-electron chi connectivity index (χ1n) is 5.20. The van der Waals surface area contributed by atoms with Crippen molar-refractivity contribution in [3.05, 3.63) is 28.0 Å². The van der Waals surface area contributed by atoms with Crippen molar-refractivity contribution in [3.8, 4) is 0 Å². The molecule has 1 aromatic carbocycles. The minimum atomic E-state index is -4.47. The third kappa shape index (κ3) is 3.82. The van der Waals surface area contributed by atoms with E-state index in [2.05, 4.69) is 15.9 Å². The smallest absolute Gasteiger partial charge is 0.405 e. The zero-order chi connectivity index (χ0) is 14.8. The minimum Gasteiger partial charge on any atom is -0.478 e. The molecule has 0 radical (unpaired) electrons. The molecule has 0 saturated carbocycles. The Hall–Kier alpha value is -1.31. The van der Waals surface area contributed by atoms with Gasteiger partial charge in [0, 0.05) is 6.54 Å². The molecule has 19 heavy (non-hydrogen) atoms. The fourth-order valence-electron chi connectivity index (χ4n) is 1.53. The van der Waals surface area contributed by atoms with E-state index in [0.717, 1.165) is 17.0 Å². The second kappa shape index (κ2) is 5.77. The molecule has 1 N–H and O–H groups in total. The average Bonchev–Trinajstić information content (AvgIpc) is 2.28. The van der Waals surface area contributed by atoms with Gasteiger partial charge in [-0.15, -0.1) is 0 Å². The summed E-state index contributed by atoms with van der Waals surface area (Å²) < 4.78 is 50.6. The van der Waals surface area contributed by atoms with Crippen LogP contribution in [0.3, 0.4) is 0 Å². The van der Waals surface area contributed by atoms with Gasteiger partial charge in [0.25, 0.3) is 0 Å². The van der Waals surface area contributed by atoms with E-state index in [0.29, 0.717) is 0 Å². The first-order valence-corrected chi connectivity index (χ1v) is 5.99. The van der Waals surface area contributed by atoms with E-state index in [1.54, 1.807) is 0 Å². The molecular weight excluding hydrogens is 334 g/mol. The van der Waals surface area contributed by atoms with E-state index < -0.39 is 24.5 Å². The van der Waals surface area contributed by atoms with Crippen LogP contribution in [-0.2, 0) is 0 Å². The highest BCUT2D eigenvalue weighted by molar-refractivity contribution is 9.10. The number of rotatable bonds is 4. The van der Waals surface area contributed by atoms with E-state index in [1.807, 2.05) is 0 Å². The largest absolute Gasteiger partial charge is 0.478 e. The molecule has 0 aliphatic carbocycles. The summed E-state index contributed by atoms with van der Waals surface area (Å²) in [6.45, 7) is 0.0821. The summed E-state index contributed by atoms with van der Waals surface area (Å²) in [6.07, 6.45) is -4.47. The monoisotopic (exact) mass is 343 g/mol. The molecule has 8 heteroatoms. The maximum absolute atomic E-state index is 13.9. The third-order valence-corrected chi connectivity index (χ3v) is 3.16. The van der Waals surface area contributed by atoms with Gasteiger partial charge in [-0.1, -0.05) is 0 Å². The molecule has 0 heterocycles. The normalized spacial score (nSPS) is 11.5. The maximum Gasteiger partial charge on any atom is 0.405 e. The summed E-state index contributed by atoms with van der Waals surface area (Å²) in [5.41, 5.74) is -0.638. The van der Waals surface area contributed by atoms with Crippen LogP contribution in [0.1, 0.15) is 17.3 Å². The van der Waals surface area contributed by atoms with Crippen LogP contribution < -0.4 is 4.90 Å². The second-order valence-corrected chi connectivity index (χ2v) is 4.49. The Labute approximate surface area is 115 Å². The zero-order valence-electron chi connectivity index (χ0n) is 9.76. The lowest BCUT2D eigenvalue weighted by Crippen LogP contribution is -2.34. The Morgan fingerprint density at radius 3 is 2.42 bits per heavy atom. The third-order valence-electron chi connectivity index (χ3n) is 2.38. The summed E-state index contributed by atoms with van der Waals surface area (Å²) in [4.78, 5) is 11.5. The summed E-state index contributed by atoms with van der Waals surface area (Å²) in [6, 6.07) is 2.09. The number of carboxylic acids is 1. The van der Waals surface area contributed by atoms with E-state index >= 15 is 0 Å². The van der Waals surface area contributed by atoms with Crippen LogP contribution in [0.5, 0.6) is 0 Å². The highest BCUT2D eigenvalue weighted by atomic mass is 79.9. The Balaban J connectivity index is 3.20. The summed E-state index contributed by atoms with van der Waals surface area (Å²) in [7, 11) is 0. The van der Waals surface area contributed by atoms with Crippen molar-refractivity contribution in [2.24, 2.45) is 0 Å². The summed E-state index contributed by atoms with van der Waals surface area (Å²) >= 11 is 2.75. The Morgan fingerprint density at radius 2 is 2.00 bits per heavy atom. The quantitative estimate of drug-likeness (QED) is 0.848. The standard InChI is InChI=1S/C11H10BrF4NO2/c1-2-17(5-11(14,15)16)7-4-3-6(10(18)19)8(12)9(7)13/h3-4H,2,5H2,1H3,(H,18,19). The van der Waals surface area contributed by atoms with Crippen LogP contribution in [0.4, 0.5) is 23.2 Å². The molecule has 1 aromatic rings. The van der Waals surface area contributed by atoms with E-state index in [-0.39, 0.29) is 22.3 Å². The van der Waals surface area contributed by atoms with Crippen molar-refractivity contribution >= 4 is 27.6 Å². The molecule has 0 aromatic heterocycles. The van der Waals surface area contributed by atoms with Crippen molar-refractivity contribution in [2.45, 2.75) is 13.1 Å².